The van der Waals surface area contributed by atoms with Crippen LogP contribution in [0.3, 0.4) is 0 Å². The van der Waals surface area contributed by atoms with Crippen molar-refractivity contribution >= 4 is 11.8 Å². The molecule has 0 radical (unpaired) electrons. The Bertz CT molecular complexity index is 870. The number of ketones is 1. The van der Waals surface area contributed by atoms with E-state index in [4.69, 9.17) is 4.42 Å². The van der Waals surface area contributed by atoms with Gasteiger partial charge in [0, 0.05) is 12.0 Å². The molecule has 1 aromatic heterocycles. The zero-order valence-electron chi connectivity index (χ0n) is 17.8. The Morgan fingerprint density at radius 1 is 1.24 bits per heavy atom. The summed E-state index contributed by atoms with van der Waals surface area (Å²) in [5.41, 5.74) is 0.243. The molecule has 1 unspecified atom stereocenters. The van der Waals surface area contributed by atoms with Crippen LogP contribution in [0.1, 0.15) is 75.4 Å². The summed E-state index contributed by atoms with van der Waals surface area (Å²) in [6, 6.07) is 1.33. The van der Waals surface area contributed by atoms with Crippen molar-refractivity contribution in [3.8, 4) is 5.75 Å². The average molecular weight is 402 g/mol. The molecule has 1 atom stereocenters. The molecule has 0 saturated heterocycles. The van der Waals surface area contributed by atoms with E-state index in [2.05, 4.69) is 4.74 Å². The van der Waals surface area contributed by atoms with Crippen LogP contribution < -0.4 is 5.63 Å². The van der Waals surface area contributed by atoms with Gasteiger partial charge in [0.1, 0.15) is 17.1 Å². The van der Waals surface area contributed by atoms with E-state index >= 15 is 0 Å². The maximum Gasteiger partial charge on any atom is 0.351 e. The molecule has 6 nitrogen and oxygen atoms in total. The fourth-order valence-electron chi connectivity index (χ4n) is 2.48. The molecule has 0 saturated carbocycles. The second kappa shape index (κ2) is 11.8. The molecule has 1 heterocycles. The van der Waals surface area contributed by atoms with Crippen molar-refractivity contribution in [1.29, 1.82) is 0 Å². The molecule has 0 aromatic carbocycles. The summed E-state index contributed by atoms with van der Waals surface area (Å²) in [4.78, 5) is 35.9. The molecular formula is C23H30O6. The van der Waals surface area contributed by atoms with Crippen molar-refractivity contribution in [2.45, 2.75) is 59.3 Å². The van der Waals surface area contributed by atoms with Crippen molar-refractivity contribution in [3.05, 3.63) is 63.3 Å². The van der Waals surface area contributed by atoms with Crippen LogP contribution in [0.5, 0.6) is 5.75 Å². The lowest BCUT2D eigenvalue weighted by Crippen LogP contribution is -2.16. The van der Waals surface area contributed by atoms with E-state index in [-0.39, 0.29) is 29.6 Å². The lowest BCUT2D eigenvalue weighted by molar-refractivity contribution is -0.139. The third-order valence-electron chi connectivity index (χ3n) is 4.64. The highest BCUT2D eigenvalue weighted by Gasteiger charge is 2.21. The molecular weight excluding hydrogens is 372 g/mol. The Balaban J connectivity index is 2.90. The van der Waals surface area contributed by atoms with Gasteiger partial charge in [-0.15, -0.1) is 0 Å². The zero-order chi connectivity index (χ0) is 22.0. The molecule has 1 aromatic rings. The van der Waals surface area contributed by atoms with Crippen LogP contribution in [-0.2, 0) is 9.53 Å². The second-order valence-electron chi connectivity index (χ2n) is 6.97. The fraction of sp³-hybridized carbons (Fsp3) is 0.435. The van der Waals surface area contributed by atoms with Crippen LogP contribution >= 0.6 is 0 Å². The molecule has 29 heavy (non-hydrogen) atoms. The first-order chi connectivity index (χ1) is 13.7. The van der Waals surface area contributed by atoms with Crippen LogP contribution in [0.15, 0.2) is 50.7 Å². The maximum atomic E-state index is 12.5. The SMILES string of the molecule is CC/C(C)=C/C=C(\C)C(=O)c1c(O)cc(C(C)CC/C=C/CC(=O)OC)oc1=O. The van der Waals surface area contributed by atoms with Gasteiger partial charge < -0.3 is 14.3 Å². The first-order valence-electron chi connectivity index (χ1n) is 9.68. The van der Waals surface area contributed by atoms with Gasteiger partial charge in [-0.1, -0.05) is 43.7 Å². The number of allylic oxidation sites excluding steroid dienone is 5. The third kappa shape index (κ3) is 7.56. The number of methoxy groups -OCH3 is 1. The lowest BCUT2D eigenvalue weighted by Gasteiger charge is -2.11. The van der Waals surface area contributed by atoms with Gasteiger partial charge in [0.15, 0.2) is 5.78 Å². The summed E-state index contributed by atoms with van der Waals surface area (Å²) in [5.74, 6) is -1.07. The summed E-state index contributed by atoms with van der Waals surface area (Å²) in [6.45, 7) is 7.40. The topological polar surface area (TPSA) is 93.8 Å². The van der Waals surface area contributed by atoms with Crippen LogP contribution in [0.4, 0.5) is 0 Å². The fourth-order valence-corrected chi connectivity index (χ4v) is 2.48. The molecule has 0 aliphatic heterocycles. The Kier molecular flexibility index (Phi) is 9.86. The minimum absolute atomic E-state index is 0.146. The second-order valence-corrected chi connectivity index (χ2v) is 6.97. The van der Waals surface area contributed by atoms with Crippen LogP contribution in [0.25, 0.3) is 0 Å². The molecule has 158 valence electrons. The number of esters is 1. The molecule has 0 aliphatic rings. The van der Waals surface area contributed by atoms with Gasteiger partial charge in [0.25, 0.3) is 0 Å². The number of aromatic hydroxyl groups is 1. The molecule has 1 N–H and O–H groups in total. The van der Waals surface area contributed by atoms with E-state index in [1.807, 2.05) is 32.9 Å². The number of rotatable bonds is 10. The lowest BCUT2D eigenvalue weighted by atomic mass is 9.99. The van der Waals surface area contributed by atoms with Crippen molar-refractivity contribution < 1.29 is 23.8 Å². The van der Waals surface area contributed by atoms with Crippen LogP contribution in [0, 0.1) is 0 Å². The number of Topliss-reactive ketones (excluding diaryl/α,β-unsaturated/α-hetero) is 1. The number of carbonyl (C=O) groups is 2. The predicted molar refractivity (Wildman–Crippen MR) is 112 cm³/mol. The highest BCUT2D eigenvalue weighted by atomic mass is 16.5. The van der Waals surface area contributed by atoms with Gasteiger partial charge in [0.05, 0.1) is 13.5 Å². The smallest absolute Gasteiger partial charge is 0.351 e. The summed E-state index contributed by atoms with van der Waals surface area (Å²) in [6.07, 6.45) is 9.39. The number of hydrogen-bond acceptors (Lipinski definition) is 6. The van der Waals surface area contributed by atoms with E-state index in [1.54, 1.807) is 19.1 Å². The highest BCUT2D eigenvalue weighted by molar-refractivity contribution is 6.09. The standard InChI is InChI=1S/C23H30O6/c1-6-15(2)12-13-17(4)22(26)21-18(24)14-19(29-23(21)27)16(3)10-8-7-9-11-20(25)28-5/h7,9,12-14,16,24H,6,8,10-11H2,1-5H3/b9-7+,15-12+,17-13+. The summed E-state index contributed by atoms with van der Waals surface area (Å²) < 4.78 is 9.86. The van der Waals surface area contributed by atoms with Gasteiger partial charge in [-0.05, 0) is 38.7 Å². The number of carbonyl (C=O) groups excluding carboxylic acids is 2. The van der Waals surface area contributed by atoms with Gasteiger partial charge in [0.2, 0.25) is 0 Å². The quantitative estimate of drug-likeness (QED) is 0.198. The molecule has 0 fully saturated rings. The molecule has 6 heteroatoms. The van der Waals surface area contributed by atoms with E-state index < -0.39 is 11.4 Å². The van der Waals surface area contributed by atoms with Gasteiger partial charge in [-0.2, -0.15) is 0 Å². The maximum absolute atomic E-state index is 12.5. The van der Waals surface area contributed by atoms with Gasteiger partial charge in [-0.3, -0.25) is 9.59 Å². The summed E-state index contributed by atoms with van der Waals surface area (Å²) in [7, 11) is 1.33. The Morgan fingerprint density at radius 3 is 2.52 bits per heavy atom. The predicted octanol–water partition coefficient (Wildman–Crippen LogP) is 4.83. The van der Waals surface area contributed by atoms with Crippen molar-refractivity contribution in [3.63, 3.8) is 0 Å². The van der Waals surface area contributed by atoms with E-state index in [0.717, 1.165) is 12.0 Å². The Hall–Kier alpha value is -2.89. The first-order valence-corrected chi connectivity index (χ1v) is 9.68. The molecule has 0 bridgehead atoms. The number of ether oxygens (including phenoxy) is 1. The zero-order valence-corrected chi connectivity index (χ0v) is 17.8. The van der Waals surface area contributed by atoms with Gasteiger partial charge in [-0.25, -0.2) is 4.79 Å². The monoisotopic (exact) mass is 402 g/mol. The Labute approximate surface area is 171 Å². The minimum Gasteiger partial charge on any atom is -0.507 e. The summed E-state index contributed by atoms with van der Waals surface area (Å²) >= 11 is 0. The Morgan fingerprint density at radius 2 is 1.93 bits per heavy atom. The van der Waals surface area contributed by atoms with Crippen molar-refractivity contribution in [2.24, 2.45) is 0 Å². The molecule has 1 rings (SSSR count). The summed E-state index contributed by atoms with van der Waals surface area (Å²) in [5, 5.41) is 10.3. The largest absolute Gasteiger partial charge is 0.507 e. The van der Waals surface area contributed by atoms with Crippen molar-refractivity contribution in [1.82, 2.24) is 0 Å². The molecule has 0 amide bonds. The van der Waals surface area contributed by atoms with E-state index in [0.29, 0.717) is 24.2 Å². The third-order valence-corrected chi connectivity index (χ3v) is 4.64. The molecule has 0 aliphatic carbocycles. The van der Waals surface area contributed by atoms with Gasteiger partial charge >= 0.3 is 11.6 Å². The molecule has 0 spiro atoms. The van der Waals surface area contributed by atoms with Crippen molar-refractivity contribution in [2.75, 3.05) is 7.11 Å². The minimum atomic E-state index is -0.845. The van der Waals surface area contributed by atoms with Crippen LogP contribution in [-0.4, -0.2) is 24.0 Å². The average Bonchev–Trinajstić information content (AvgIpc) is 2.70. The number of hydrogen-bond donors (Lipinski definition) is 1. The van der Waals surface area contributed by atoms with E-state index in [1.165, 1.54) is 13.2 Å². The first kappa shape index (κ1) is 24.1. The normalized spacial score (nSPS) is 13.6. The highest BCUT2D eigenvalue weighted by Crippen LogP contribution is 2.26. The van der Waals surface area contributed by atoms with Crippen LogP contribution in [0.2, 0.25) is 0 Å². The van der Waals surface area contributed by atoms with E-state index in [9.17, 15) is 19.5 Å².